The van der Waals surface area contributed by atoms with Gasteiger partial charge in [-0.3, -0.25) is 11.1 Å². The molecule has 1 unspecified atom stereocenters. The summed E-state index contributed by atoms with van der Waals surface area (Å²) in [5.41, 5.74) is 8.44. The van der Waals surface area contributed by atoms with E-state index in [0.29, 0.717) is 34.9 Å². The fourth-order valence-corrected chi connectivity index (χ4v) is 3.48. The summed E-state index contributed by atoms with van der Waals surface area (Å²) in [7, 11) is 0. The summed E-state index contributed by atoms with van der Waals surface area (Å²) in [5, 5.41) is 13.2. The Morgan fingerprint density at radius 3 is 2.82 bits per heavy atom. The standard InChI is InChI=1S/C21H27ClN4O2/c1-5-8-17-14(11-23)18(13-9-6-7-10-16(13)22)15(19(24)26-17)12-25-20(27)28-21(2,3)4/h6,9,12,18H,5,7-8,10H2,1-4H3,(H2,24,26)(H,25,27)/p+1/b15-12-. The molecule has 0 saturated carbocycles. The van der Waals surface area contributed by atoms with Crippen LogP contribution < -0.4 is 16.0 Å². The van der Waals surface area contributed by atoms with Crippen LogP contribution in [0.1, 0.15) is 53.4 Å². The number of alkyl carbamates (subject to hydrolysis) is 1. The first-order chi connectivity index (χ1) is 13.2. The zero-order chi connectivity index (χ0) is 20.9. The molecule has 28 heavy (non-hydrogen) atoms. The van der Waals surface area contributed by atoms with Crippen molar-refractivity contribution in [2.75, 3.05) is 0 Å². The Bertz CT molecular complexity index is 835. The van der Waals surface area contributed by atoms with Gasteiger partial charge in [-0.15, -0.1) is 0 Å². The van der Waals surface area contributed by atoms with Crippen LogP contribution in [0.25, 0.3) is 0 Å². The second kappa shape index (κ2) is 9.11. The number of amidine groups is 1. The maximum Gasteiger partial charge on any atom is 0.411 e. The van der Waals surface area contributed by atoms with E-state index in [1.54, 1.807) is 20.8 Å². The minimum Gasteiger partial charge on any atom is -0.444 e. The molecule has 1 aliphatic heterocycles. The van der Waals surface area contributed by atoms with Crippen LogP contribution in [-0.2, 0) is 4.74 Å². The van der Waals surface area contributed by atoms with Crippen LogP contribution in [0.3, 0.4) is 0 Å². The largest absolute Gasteiger partial charge is 0.444 e. The van der Waals surface area contributed by atoms with Crippen molar-refractivity contribution in [3.05, 3.63) is 45.8 Å². The molecule has 0 bridgehead atoms. The first-order valence-corrected chi connectivity index (χ1v) is 9.83. The molecule has 7 heteroatoms. The first-order valence-electron chi connectivity index (χ1n) is 9.45. The second-order valence-electron chi connectivity index (χ2n) is 7.77. The van der Waals surface area contributed by atoms with Crippen molar-refractivity contribution in [2.24, 2.45) is 11.7 Å². The lowest BCUT2D eigenvalue weighted by Crippen LogP contribution is -2.76. The quantitative estimate of drug-likeness (QED) is 0.671. The number of amides is 1. The van der Waals surface area contributed by atoms with Gasteiger partial charge in [-0.1, -0.05) is 30.7 Å². The van der Waals surface area contributed by atoms with Gasteiger partial charge in [-0.25, -0.2) is 9.79 Å². The van der Waals surface area contributed by atoms with Crippen molar-refractivity contribution < 1.29 is 14.5 Å². The molecule has 1 amide bonds. The van der Waals surface area contributed by atoms with E-state index < -0.39 is 17.6 Å². The number of hydrogen-bond acceptors (Lipinski definition) is 4. The number of allylic oxidation sites excluding steroid dienone is 6. The van der Waals surface area contributed by atoms with E-state index >= 15 is 0 Å². The van der Waals surface area contributed by atoms with E-state index in [2.05, 4.69) is 16.4 Å². The molecule has 4 N–H and O–H groups in total. The van der Waals surface area contributed by atoms with Crippen LogP contribution in [0.15, 0.2) is 45.8 Å². The number of nitrogens with two attached hydrogens (primary N) is 1. The molecule has 0 fully saturated rings. The normalized spacial score (nSPS) is 21.5. The maximum atomic E-state index is 12.1. The summed E-state index contributed by atoms with van der Waals surface area (Å²) in [6, 6.07) is 2.32. The molecule has 0 radical (unpaired) electrons. The SMILES string of the molecule is CCCC1=C(C#N)C(C2=C(Cl)CCC=C2)/C(=C/NC(=O)OC(C)(C)C)C(N)=[NH+]1. The molecule has 0 saturated heterocycles. The van der Waals surface area contributed by atoms with Gasteiger partial charge in [0, 0.05) is 17.7 Å². The van der Waals surface area contributed by atoms with Crippen molar-refractivity contribution in [2.45, 2.75) is 59.0 Å². The van der Waals surface area contributed by atoms with Crippen molar-refractivity contribution in [1.82, 2.24) is 5.32 Å². The Morgan fingerprint density at radius 2 is 2.25 bits per heavy atom. The van der Waals surface area contributed by atoms with E-state index in [0.717, 1.165) is 24.1 Å². The van der Waals surface area contributed by atoms with Crippen molar-refractivity contribution in [1.29, 1.82) is 5.26 Å². The minimum absolute atomic E-state index is 0.388. The monoisotopic (exact) mass is 403 g/mol. The summed E-state index contributed by atoms with van der Waals surface area (Å²) in [5.74, 6) is -0.0498. The second-order valence-corrected chi connectivity index (χ2v) is 8.23. The summed E-state index contributed by atoms with van der Waals surface area (Å²) in [6.45, 7) is 7.40. The molecule has 2 rings (SSSR count). The molecule has 1 heterocycles. The Kier molecular flexibility index (Phi) is 7.09. The number of nitrogens with zero attached hydrogens (tertiary/aromatic N) is 1. The average Bonchev–Trinajstić information content (AvgIpc) is 2.60. The molecule has 1 aliphatic carbocycles. The fraction of sp³-hybridized carbons (Fsp3) is 0.476. The molecule has 6 nitrogen and oxygen atoms in total. The number of ether oxygens (including phenoxy) is 1. The number of carbonyl (C=O) groups is 1. The van der Waals surface area contributed by atoms with Crippen LogP contribution in [-0.4, -0.2) is 17.5 Å². The lowest BCUT2D eigenvalue weighted by molar-refractivity contribution is -0.404. The van der Waals surface area contributed by atoms with E-state index in [1.807, 2.05) is 19.1 Å². The number of halogens is 1. The Labute approximate surface area is 171 Å². The van der Waals surface area contributed by atoms with Crippen molar-refractivity contribution in [3.63, 3.8) is 0 Å². The van der Waals surface area contributed by atoms with Crippen LogP contribution >= 0.6 is 11.6 Å². The third kappa shape index (κ3) is 5.26. The molecule has 0 spiro atoms. The number of rotatable bonds is 4. The van der Waals surface area contributed by atoms with E-state index in [1.165, 1.54) is 6.20 Å². The Hall–Kier alpha value is -2.52. The van der Waals surface area contributed by atoms with Crippen LogP contribution in [0.5, 0.6) is 0 Å². The number of nitrogens with one attached hydrogen (secondary N) is 2. The maximum absolute atomic E-state index is 12.1. The highest BCUT2D eigenvalue weighted by Gasteiger charge is 2.36. The van der Waals surface area contributed by atoms with Gasteiger partial charge in [-0.2, -0.15) is 5.26 Å². The highest BCUT2D eigenvalue weighted by Crippen LogP contribution is 2.37. The Balaban J connectivity index is 2.49. The molecular weight excluding hydrogens is 376 g/mol. The first kappa shape index (κ1) is 21.8. The van der Waals surface area contributed by atoms with Crippen LogP contribution in [0.2, 0.25) is 0 Å². The van der Waals surface area contributed by atoms with Gasteiger partial charge in [0.2, 0.25) is 0 Å². The molecule has 2 aliphatic rings. The summed E-state index contributed by atoms with van der Waals surface area (Å²) in [6.07, 6.45) is 8.02. The van der Waals surface area contributed by atoms with E-state index in [9.17, 15) is 10.1 Å². The average molecular weight is 404 g/mol. The number of hydrogen-bond donors (Lipinski definition) is 3. The molecule has 1 atom stereocenters. The zero-order valence-corrected chi connectivity index (χ0v) is 17.6. The lowest BCUT2D eigenvalue weighted by atomic mass is 9.79. The zero-order valence-electron chi connectivity index (χ0n) is 16.9. The summed E-state index contributed by atoms with van der Waals surface area (Å²) < 4.78 is 5.28. The third-order valence-corrected chi connectivity index (χ3v) is 4.75. The number of carbonyl (C=O) groups excluding carboxylic acids is 1. The van der Waals surface area contributed by atoms with E-state index in [-0.39, 0.29) is 0 Å². The molecule has 0 aromatic heterocycles. The van der Waals surface area contributed by atoms with Gasteiger partial charge in [0.1, 0.15) is 11.3 Å². The predicted molar refractivity (Wildman–Crippen MR) is 110 cm³/mol. The summed E-state index contributed by atoms with van der Waals surface area (Å²) in [4.78, 5) is 15.2. The van der Waals surface area contributed by atoms with Gasteiger partial charge in [0.25, 0.3) is 5.84 Å². The van der Waals surface area contributed by atoms with Gasteiger partial charge in [0.15, 0.2) is 0 Å². The Morgan fingerprint density at radius 1 is 1.54 bits per heavy atom. The smallest absolute Gasteiger partial charge is 0.411 e. The molecule has 0 aromatic rings. The fourth-order valence-electron chi connectivity index (χ4n) is 3.20. The minimum atomic E-state index is -0.619. The predicted octanol–water partition coefficient (Wildman–Crippen LogP) is 2.88. The third-order valence-electron chi connectivity index (χ3n) is 4.34. The van der Waals surface area contributed by atoms with Gasteiger partial charge in [0.05, 0.1) is 23.1 Å². The van der Waals surface area contributed by atoms with Crippen molar-refractivity contribution in [3.8, 4) is 6.07 Å². The molecular formula is C21H28ClN4O2+. The molecule has 0 aromatic carbocycles. The van der Waals surface area contributed by atoms with Crippen LogP contribution in [0.4, 0.5) is 4.79 Å². The highest BCUT2D eigenvalue weighted by atomic mass is 35.5. The molecule has 150 valence electrons. The number of nitriles is 1. The van der Waals surface area contributed by atoms with Gasteiger partial charge >= 0.3 is 6.09 Å². The van der Waals surface area contributed by atoms with Crippen molar-refractivity contribution >= 4 is 23.5 Å². The van der Waals surface area contributed by atoms with Crippen LogP contribution in [0, 0.1) is 17.2 Å². The van der Waals surface area contributed by atoms with Gasteiger partial charge < -0.3 is 4.74 Å². The highest BCUT2D eigenvalue weighted by molar-refractivity contribution is 6.30. The summed E-state index contributed by atoms with van der Waals surface area (Å²) >= 11 is 6.51. The van der Waals surface area contributed by atoms with E-state index in [4.69, 9.17) is 22.1 Å². The lowest BCUT2D eigenvalue weighted by Gasteiger charge is -2.26. The van der Waals surface area contributed by atoms with Gasteiger partial charge in [-0.05, 0) is 45.6 Å². The topological polar surface area (TPSA) is 102 Å².